The predicted molar refractivity (Wildman–Crippen MR) is 130 cm³/mol. The fourth-order valence-electron chi connectivity index (χ4n) is 6.68. The molecular weight excluding hydrogens is 368 g/mol. The van der Waals surface area contributed by atoms with Crippen LogP contribution in [0.1, 0.15) is 105 Å². The molecule has 2 saturated carbocycles. The highest BCUT2D eigenvalue weighted by Gasteiger charge is 2.38. The molecule has 0 spiro atoms. The largest absolute Gasteiger partial charge is 0.343 e. The van der Waals surface area contributed by atoms with E-state index in [1.165, 1.54) is 77.0 Å². The highest BCUT2D eigenvalue weighted by molar-refractivity contribution is 5.73. The first-order chi connectivity index (χ1) is 14.3. The van der Waals surface area contributed by atoms with E-state index in [9.17, 15) is 4.79 Å². The van der Waals surface area contributed by atoms with Gasteiger partial charge in [0.05, 0.1) is 0 Å². The summed E-state index contributed by atoms with van der Waals surface area (Å²) in [5.74, 6) is 4.65. The van der Waals surface area contributed by atoms with Crippen molar-refractivity contribution < 1.29 is 4.79 Å². The summed E-state index contributed by atoms with van der Waals surface area (Å²) >= 11 is 0. The minimum absolute atomic E-state index is 0.233. The number of rotatable bonds is 7. The van der Waals surface area contributed by atoms with E-state index in [0.29, 0.717) is 12.1 Å². The summed E-state index contributed by atoms with van der Waals surface area (Å²) in [4.78, 5) is 16.4. The van der Waals surface area contributed by atoms with E-state index >= 15 is 0 Å². The Morgan fingerprint density at radius 2 is 1.70 bits per heavy atom. The summed E-state index contributed by atoms with van der Waals surface area (Å²) < 4.78 is 0. The minimum Gasteiger partial charge on any atom is -0.343 e. The standard InChI is InChI=1S/C27H52N2O/c1-8-9-13-26-20(2)15-18-25(29(7)22(4)30)12-10-11-14-27(26)24-17-16-23(19-24)21(3)28(5)6/h20-21,23-27H,8-19H2,1-7H3/t20-,21-,23-,24+,25+,26+,27-/m0/s1. The summed E-state index contributed by atoms with van der Waals surface area (Å²) in [5.41, 5.74) is 0. The van der Waals surface area contributed by atoms with Gasteiger partial charge in [-0.3, -0.25) is 4.79 Å². The van der Waals surface area contributed by atoms with Gasteiger partial charge in [0, 0.05) is 26.1 Å². The Kier molecular flexibility index (Phi) is 10.7. The van der Waals surface area contributed by atoms with Gasteiger partial charge in [-0.05, 0) is 102 Å². The molecule has 0 unspecified atom stereocenters. The quantitative estimate of drug-likeness (QED) is 0.462. The normalized spacial score (nSPS) is 34.7. The van der Waals surface area contributed by atoms with Crippen LogP contribution in [0.4, 0.5) is 0 Å². The van der Waals surface area contributed by atoms with Crippen molar-refractivity contribution in [1.29, 1.82) is 0 Å². The SMILES string of the molecule is CCCC[C@H]1[C@H]([C@@H]2CC[C@H]([C@H](C)N(C)C)C2)CCCC[C@@H](N(C)C(C)=O)CC[C@@H]1C. The number of hydrogen-bond donors (Lipinski definition) is 0. The van der Waals surface area contributed by atoms with Gasteiger partial charge in [0.15, 0.2) is 0 Å². The van der Waals surface area contributed by atoms with Crippen LogP contribution in [-0.2, 0) is 4.79 Å². The molecule has 0 aromatic rings. The van der Waals surface area contributed by atoms with Crippen LogP contribution in [0.15, 0.2) is 0 Å². The molecule has 0 aromatic carbocycles. The lowest BCUT2D eigenvalue weighted by Crippen LogP contribution is -2.37. The Morgan fingerprint density at radius 3 is 2.33 bits per heavy atom. The van der Waals surface area contributed by atoms with Gasteiger partial charge in [0.25, 0.3) is 0 Å². The molecule has 2 aliphatic rings. The zero-order valence-electron chi connectivity index (χ0n) is 21.3. The number of carbonyl (C=O) groups is 1. The van der Waals surface area contributed by atoms with Crippen LogP contribution in [0.5, 0.6) is 0 Å². The molecule has 2 rings (SSSR count). The molecule has 0 N–H and O–H groups in total. The highest BCUT2D eigenvalue weighted by Crippen LogP contribution is 2.47. The molecule has 2 aliphatic carbocycles. The predicted octanol–water partition coefficient (Wildman–Crippen LogP) is 6.61. The van der Waals surface area contributed by atoms with Crippen molar-refractivity contribution in [2.24, 2.45) is 29.6 Å². The number of nitrogens with zero attached hydrogens (tertiary/aromatic N) is 2. The van der Waals surface area contributed by atoms with Crippen molar-refractivity contribution in [3.63, 3.8) is 0 Å². The molecule has 30 heavy (non-hydrogen) atoms. The first-order valence-corrected chi connectivity index (χ1v) is 13.2. The van der Waals surface area contributed by atoms with Gasteiger partial charge in [-0.15, -0.1) is 0 Å². The van der Waals surface area contributed by atoms with Gasteiger partial charge in [0.2, 0.25) is 5.91 Å². The summed E-state index contributed by atoms with van der Waals surface area (Å²) in [5, 5.41) is 0. The van der Waals surface area contributed by atoms with Gasteiger partial charge in [-0.1, -0.05) is 39.5 Å². The Labute approximate surface area is 188 Å². The van der Waals surface area contributed by atoms with Crippen LogP contribution in [-0.4, -0.2) is 48.9 Å². The molecule has 176 valence electrons. The van der Waals surface area contributed by atoms with Gasteiger partial charge in [0.1, 0.15) is 0 Å². The monoisotopic (exact) mass is 420 g/mol. The maximum atomic E-state index is 12.0. The zero-order chi connectivity index (χ0) is 22.3. The van der Waals surface area contributed by atoms with Crippen LogP contribution < -0.4 is 0 Å². The molecule has 0 heterocycles. The summed E-state index contributed by atoms with van der Waals surface area (Å²) in [7, 11) is 6.52. The maximum Gasteiger partial charge on any atom is 0.219 e. The Bertz CT molecular complexity index is 505. The smallest absolute Gasteiger partial charge is 0.219 e. The fourth-order valence-corrected chi connectivity index (χ4v) is 6.68. The van der Waals surface area contributed by atoms with Crippen LogP contribution in [0, 0.1) is 29.6 Å². The van der Waals surface area contributed by atoms with E-state index < -0.39 is 0 Å². The molecule has 0 bridgehead atoms. The second-order valence-electron chi connectivity index (χ2n) is 11.1. The lowest BCUT2D eigenvalue weighted by Gasteiger charge is -2.39. The molecule has 0 aromatic heterocycles. The van der Waals surface area contributed by atoms with Crippen LogP contribution >= 0.6 is 0 Å². The molecule has 0 saturated heterocycles. The third kappa shape index (κ3) is 6.97. The molecule has 0 aliphatic heterocycles. The summed E-state index contributed by atoms with van der Waals surface area (Å²) in [6.45, 7) is 9.05. The van der Waals surface area contributed by atoms with E-state index in [0.717, 1.165) is 29.6 Å². The fraction of sp³-hybridized carbons (Fsp3) is 0.963. The van der Waals surface area contributed by atoms with E-state index in [2.05, 4.69) is 39.8 Å². The number of hydrogen-bond acceptors (Lipinski definition) is 2. The molecule has 0 radical (unpaired) electrons. The second kappa shape index (κ2) is 12.5. The Morgan fingerprint density at radius 1 is 1.00 bits per heavy atom. The van der Waals surface area contributed by atoms with Crippen molar-refractivity contribution in [1.82, 2.24) is 9.80 Å². The molecule has 2 fully saturated rings. The van der Waals surface area contributed by atoms with Gasteiger partial charge < -0.3 is 9.80 Å². The topological polar surface area (TPSA) is 23.6 Å². The van der Waals surface area contributed by atoms with Crippen molar-refractivity contribution in [3.05, 3.63) is 0 Å². The van der Waals surface area contributed by atoms with Crippen LogP contribution in [0.3, 0.4) is 0 Å². The van der Waals surface area contributed by atoms with Crippen LogP contribution in [0.2, 0.25) is 0 Å². The van der Waals surface area contributed by atoms with Crippen molar-refractivity contribution in [3.8, 4) is 0 Å². The van der Waals surface area contributed by atoms with Gasteiger partial charge in [-0.25, -0.2) is 0 Å². The molecule has 1 amide bonds. The van der Waals surface area contributed by atoms with Crippen LogP contribution in [0.25, 0.3) is 0 Å². The van der Waals surface area contributed by atoms with E-state index in [1.807, 2.05) is 11.9 Å². The van der Waals surface area contributed by atoms with Crippen molar-refractivity contribution >= 4 is 5.91 Å². The van der Waals surface area contributed by atoms with Gasteiger partial charge in [-0.2, -0.15) is 0 Å². The first kappa shape index (κ1) is 25.7. The Hall–Kier alpha value is -0.570. The lowest BCUT2D eigenvalue weighted by molar-refractivity contribution is -0.130. The third-order valence-corrected chi connectivity index (χ3v) is 9.11. The summed E-state index contributed by atoms with van der Waals surface area (Å²) in [6.07, 6.45) is 16.2. The van der Waals surface area contributed by atoms with Gasteiger partial charge >= 0.3 is 0 Å². The van der Waals surface area contributed by atoms with Crippen molar-refractivity contribution in [2.45, 2.75) is 117 Å². The molecular formula is C27H52N2O. The molecule has 3 heteroatoms. The molecule has 7 atom stereocenters. The van der Waals surface area contributed by atoms with E-state index in [4.69, 9.17) is 0 Å². The maximum absolute atomic E-state index is 12.0. The number of unbranched alkanes of at least 4 members (excludes halogenated alkanes) is 1. The summed E-state index contributed by atoms with van der Waals surface area (Å²) in [6, 6.07) is 1.16. The average Bonchev–Trinajstić information content (AvgIpc) is 3.19. The second-order valence-corrected chi connectivity index (χ2v) is 11.1. The Balaban J connectivity index is 2.11. The lowest BCUT2D eigenvalue weighted by atomic mass is 9.68. The first-order valence-electron chi connectivity index (χ1n) is 13.2. The van der Waals surface area contributed by atoms with E-state index in [-0.39, 0.29) is 5.91 Å². The molecule has 3 nitrogen and oxygen atoms in total. The third-order valence-electron chi connectivity index (χ3n) is 9.11. The van der Waals surface area contributed by atoms with Crippen molar-refractivity contribution in [2.75, 3.05) is 21.1 Å². The zero-order valence-corrected chi connectivity index (χ0v) is 21.3. The van der Waals surface area contributed by atoms with E-state index in [1.54, 1.807) is 6.92 Å². The highest BCUT2D eigenvalue weighted by atomic mass is 16.2. The number of amides is 1. The average molecular weight is 421 g/mol. The number of carbonyl (C=O) groups excluding carboxylic acids is 1. The minimum atomic E-state index is 0.233.